The van der Waals surface area contributed by atoms with Crippen molar-refractivity contribution in [1.82, 2.24) is 5.32 Å². The zero-order chi connectivity index (χ0) is 15.4. The van der Waals surface area contributed by atoms with Crippen LogP contribution in [0.1, 0.15) is 38.5 Å². The monoisotopic (exact) mass is 295 g/mol. The van der Waals surface area contributed by atoms with Gasteiger partial charge in [0.05, 0.1) is 11.1 Å². The lowest BCUT2D eigenvalue weighted by Crippen LogP contribution is -2.23. The SMILES string of the molecule is O=C(NCc1ccccc1C(=O)O)c1coc(C(F)F)c1. The number of halogens is 2. The lowest BCUT2D eigenvalue weighted by Gasteiger charge is -2.06. The average Bonchev–Trinajstić information content (AvgIpc) is 2.95. The Morgan fingerprint density at radius 3 is 2.62 bits per heavy atom. The Labute approximate surface area is 118 Å². The molecule has 21 heavy (non-hydrogen) atoms. The van der Waals surface area contributed by atoms with Crippen LogP contribution in [0.4, 0.5) is 8.78 Å². The van der Waals surface area contributed by atoms with E-state index < -0.39 is 24.1 Å². The molecule has 0 aliphatic rings. The normalized spacial score (nSPS) is 10.6. The second-order valence-corrected chi connectivity index (χ2v) is 4.18. The standard InChI is InChI=1S/C14H11F2NO4/c15-12(16)11-5-9(7-21-11)13(18)17-6-8-3-1-2-4-10(8)14(19)20/h1-5,7,12H,6H2,(H,17,18)(H,19,20). The number of amides is 1. The Morgan fingerprint density at radius 1 is 1.29 bits per heavy atom. The highest BCUT2D eigenvalue weighted by atomic mass is 19.3. The maximum atomic E-state index is 12.3. The summed E-state index contributed by atoms with van der Waals surface area (Å²) in [5.74, 6) is -2.32. The fraction of sp³-hybridized carbons (Fsp3) is 0.143. The number of hydrogen-bond donors (Lipinski definition) is 2. The minimum absolute atomic E-state index is 0.0313. The van der Waals surface area contributed by atoms with Crippen molar-refractivity contribution in [1.29, 1.82) is 0 Å². The van der Waals surface area contributed by atoms with E-state index in [4.69, 9.17) is 5.11 Å². The summed E-state index contributed by atoms with van der Waals surface area (Å²) in [6.45, 7) is -0.0313. The van der Waals surface area contributed by atoms with E-state index in [0.29, 0.717) is 5.56 Å². The second kappa shape index (κ2) is 6.17. The molecule has 2 aromatic rings. The molecule has 7 heteroatoms. The number of furan rings is 1. The van der Waals surface area contributed by atoms with Crippen LogP contribution in [0, 0.1) is 0 Å². The molecule has 0 saturated heterocycles. The molecule has 5 nitrogen and oxygen atoms in total. The summed E-state index contributed by atoms with van der Waals surface area (Å²) in [7, 11) is 0. The Bertz CT molecular complexity index is 666. The molecule has 1 aromatic carbocycles. The van der Waals surface area contributed by atoms with Crippen molar-refractivity contribution >= 4 is 11.9 Å². The van der Waals surface area contributed by atoms with Gasteiger partial charge in [-0.05, 0) is 17.7 Å². The number of carbonyl (C=O) groups is 2. The van der Waals surface area contributed by atoms with Crippen LogP contribution in [-0.4, -0.2) is 17.0 Å². The number of benzene rings is 1. The molecule has 1 amide bonds. The zero-order valence-electron chi connectivity index (χ0n) is 10.7. The van der Waals surface area contributed by atoms with Crippen LogP contribution in [0.2, 0.25) is 0 Å². The summed E-state index contributed by atoms with van der Waals surface area (Å²) >= 11 is 0. The maximum absolute atomic E-state index is 12.3. The van der Waals surface area contributed by atoms with E-state index in [1.807, 2.05) is 0 Å². The Kier molecular flexibility index (Phi) is 4.32. The molecular weight excluding hydrogens is 284 g/mol. The quantitative estimate of drug-likeness (QED) is 0.889. The van der Waals surface area contributed by atoms with Gasteiger partial charge in [-0.2, -0.15) is 0 Å². The third-order valence-electron chi connectivity index (χ3n) is 2.78. The number of carbonyl (C=O) groups excluding carboxylic acids is 1. The molecule has 2 rings (SSSR count). The molecule has 0 atom stereocenters. The predicted molar refractivity (Wildman–Crippen MR) is 68.2 cm³/mol. The second-order valence-electron chi connectivity index (χ2n) is 4.18. The van der Waals surface area contributed by atoms with Gasteiger partial charge in [-0.25, -0.2) is 13.6 Å². The topological polar surface area (TPSA) is 79.5 Å². The molecule has 110 valence electrons. The summed E-state index contributed by atoms with van der Waals surface area (Å²) < 4.78 is 29.2. The van der Waals surface area contributed by atoms with Crippen molar-refractivity contribution in [2.45, 2.75) is 13.0 Å². The molecule has 0 fully saturated rings. The number of rotatable bonds is 5. The lowest BCUT2D eigenvalue weighted by molar-refractivity contribution is 0.0694. The summed E-state index contributed by atoms with van der Waals surface area (Å²) in [5, 5.41) is 11.5. The first-order chi connectivity index (χ1) is 9.99. The van der Waals surface area contributed by atoms with Crippen LogP contribution in [0.25, 0.3) is 0 Å². The molecular formula is C14H11F2NO4. The van der Waals surface area contributed by atoms with Crippen molar-refractivity contribution in [2.24, 2.45) is 0 Å². The van der Waals surface area contributed by atoms with Gasteiger partial charge in [0.1, 0.15) is 6.26 Å². The molecule has 0 aliphatic heterocycles. The molecule has 1 heterocycles. The molecule has 0 bridgehead atoms. The summed E-state index contributed by atoms with van der Waals surface area (Å²) in [6, 6.07) is 7.13. The van der Waals surface area contributed by atoms with Crippen LogP contribution in [-0.2, 0) is 6.54 Å². The predicted octanol–water partition coefficient (Wildman–Crippen LogP) is 2.85. The van der Waals surface area contributed by atoms with Crippen LogP contribution in [0.3, 0.4) is 0 Å². The van der Waals surface area contributed by atoms with Crippen LogP contribution < -0.4 is 5.32 Å². The van der Waals surface area contributed by atoms with E-state index in [9.17, 15) is 18.4 Å². The summed E-state index contributed by atoms with van der Waals surface area (Å²) in [6.07, 6.45) is -1.86. The Morgan fingerprint density at radius 2 is 2.00 bits per heavy atom. The fourth-order valence-electron chi connectivity index (χ4n) is 1.75. The van der Waals surface area contributed by atoms with Crippen molar-refractivity contribution < 1.29 is 27.9 Å². The summed E-state index contributed by atoms with van der Waals surface area (Å²) in [5.41, 5.74) is 0.437. The minimum Gasteiger partial charge on any atom is -0.478 e. The van der Waals surface area contributed by atoms with Crippen molar-refractivity contribution in [3.05, 3.63) is 59.0 Å². The Balaban J connectivity index is 2.06. The number of carboxylic acid groups (broad SMARTS) is 1. The van der Waals surface area contributed by atoms with Gasteiger partial charge >= 0.3 is 5.97 Å². The average molecular weight is 295 g/mol. The third kappa shape index (κ3) is 3.44. The molecule has 0 aliphatic carbocycles. The van der Waals surface area contributed by atoms with E-state index >= 15 is 0 Å². The highest BCUT2D eigenvalue weighted by Gasteiger charge is 2.17. The van der Waals surface area contributed by atoms with E-state index in [0.717, 1.165) is 12.3 Å². The molecule has 0 saturated carbocycles. The summed E-state index contributed by atoms with van der Waals surface area (Å²) in [4.78, 5) is 22.8. The zero-order valence-corrected chi connectivity index (χ0v) is 10.7. The van der Waals surface area contributed by atoms with Crippen LogP contribution in [0.15, 0.2) is 41.0 Å². The van der Waals surface area contributed by atoms with Crippen molar-refractivity contribution in [3.8, 4) is 0 Å². The highest BCUT2D eigenvalue weighted by Crippen LogP contribution is 2.21. The first-order valence-corrected chi connectivity index (χ1v) is 5.95. The maximum Gasteiger partial charge on any atom is 0.336 e. The molecule has 0 radical (unpaired) electrons. The Hall–Kier alpha value is -2.70. The number of carboxylic acids is 1. The molecule has 1 aromatic heterocycles. The van der Waals surface area contributed by atoms with Gasteiger partial charge in [0, 0.05) is 6.54 Å². The first kappa shape index (κ1) is 14.7. The highest BCUT2D eigenvalue weighted by molar-refractivity contribution is 5.94. The molecule has 2 N–H and O–H groups in total. The molecule has 0 unspecified atom stereocenters. The number of hydrogen-bond acceptors (Lipinski definition) is 3. The van der Waals surface area contributed by atoms with Crippen molar-refractivity contribution in [2.75, 3.05) is 0 Å². The van der Waals surface area contributed by atoms with Crippen LogP contribution in [0.5, 0.6) is 0 Å². The van der Waals surface area contributed by atoms with Crippen LogP contribution >= 0.6 is 0 Å². The fourth-order valence-corrected chi connectivity index (χ4v) is 1.75. The van der Waals surface area contributed by atoms with E-state index in [1.165, 1.54) is 6.07 Å². The largest absolute Gasteiger partial charge is 0.478 e. The van der Waals surface area contributed by atoms with Crippen molar-refractivity contribution in [3.63, 3.8) is 0 Å². The van der Waals surface area contributed by atoms with Gasteiger partial charge in [-0.1, -0.05) is 18.2 Å². The minimum atomic E-state index is -2.79. The van der Waals surface area contributed by atoms with Gasteiger partial charge in [-0.3, -0.25) is 4.79 Å². The smallest absolute Gasteiger partial charge is 0.336 e. The lowest BCUT2D eigenvalue weighted by atomic mass is 10.1. The van der Waals surface area contributed by atoms with Gasteiger partial charge in [0.15, 0.2) is 5.76 Å². The van der Waals surface area contributed by atoms with E-state index in [1.54, 1.807) is 18.2 Å². The first-order valence-electron chi connectivity index (χ1n) is 5.95. The number of aromatic carboxylic acids is 1. The number of alkyl halides is 2. The molecule has 0 spiro atoms. The van der Waals surface area contributed by atoms with Gasteiger partial charge in [0.25, 0.3) is 12.3 Å². The number of nitrogens with one attached hydrogen (secondary N) is 1. The third-order valence-corrected chi connectivity index (χ3v) is 2.78. The van der Waals surface area contributed by atoms with Gasteiger partial charge < -0.3 is 14.8 Å². The van der Waals surface area contributed by atoms with Gasteiger partial charge in [-0.15, -0.1) is 0 Å². The van der Waals surface area contributed by atoms with E-state index in [-0.39, 0.29) is 17.7 Å². The van der Waals surface area contributed by atoms with E-state index in [2.05, 4.69) is 9.73 Å². The van der Waals surface area contributed by atoms with Gasteiger partial charge in [0.2, 0.25) is 0 Å².